The van der Waals surface area contributed by atoms with E-state index in [9.17, 15) is 28.2 Å². The molecule has 1 aromatic heterocycles. The lowest BCUT2D eigenvalue weighted by atomic mass is 9.98. The number of nitrogens with one attached hydrogen (secondary N) is 1. The summed E-state index contributed by atoms with van der Waals surface area (Å²) >= 11 is 0. The van der Waals surface area contributed by atoms with Gasteiger partial charge in [-0.05, 0) is 55.8 Å². The number of Topliss-reactive ketones (excluding diaryl/α,β-unsaturated/α-hetero) is 1. The van der Waals surface area contributed by atoms with E-state index in [2.05, 4.69) is 0 Å². The summed E-state index contributed by atoms with van der Waals surface area (Å²) in [5.41, 5.74) is 5.88. The van der Waals surface area contributed by atoms with Gasteiger partial charge in [0.05, 0.1) is 18.3 Å². The zero-order chi connectivity index (χ0) is 25.8. The molecule has 0 radical (unpaired) electrons. The second-order valence-electron chi connectivity index (χ2n) is 8.31. The number of furan rings is 1. The molecule has 1 saturated heterocycles. The topological polar surface area (TPSA) is 204 Å². The van der Waals surface area contributed by atoms with Crippen LogP contribution in [0.3, 0.4) is 0 Å². The fourth-order valence-electron chi connectivity index (χ4n) is 3.93. The maximum atomic E-state index is 12.8. The lowest BCUT2D eigenvalue weighted by Crippen LogP contribution is -2.39. The molecule has 0 spiro atoms. The maximum Gasteiger partial charge on any atom is 0.379 e. The Morgan fingerprint density at radius 3 is 2.49 bits per heavy atom. The highest BCUT2D eigenvalue weighted by atomic mass is 32.2. The van der Waals surface area contributed by atoms with Crippen molar-refractivity contribution < 1.29 is 41.9 Å². The van der Waals surface area contributed by atoms with Crippen molar-refractivity contribution in [3.63, 3.8) is 0 Å². The van der Waals surface area contributed by atoms with E-state index in [1.165, 1.54) is 18.2 Å². The number of nitrogens with zero attached hydrogens (tertiary/aromatic N) is 1. The number of hydrogen-bond donors (Lipinski definition) is 5. The summed E-state index contributed by atoms with van der Waals surface area (Å²) in [5.74, 6) is -2.92. The Kier molecular flexibility index (Phi) is 8.40. The highest BCUT2D eigenvalue weighted by molar-refractivity contribution is 7.85. The molecule has 1 aliphatic rings. The summed E-state index contributed by atoms with van der Waals surface area (Å²) in [7, 11) is -4.49. The number of rotatable bonds is 11. The van der Waals surface area contributed by atoms with Crippen molar-refractivity contribution >= 4 is 27.7 Å². The van der Waals surface area contributed by atoms with Gasteiger partial charge >= 0.3 is 5.97 Å². The highest BCUT2D eigenvalue weighted by Gasteiger charge is 2.35. The molecule has 12 nitrogen and oxygen atoms in total. The molecule has 1 aromatic carbocycles. The Bertz CT molecular complexity index is 1180. The molecule has 190 valence electrons. The third-order valence-electron chi connectivity index (χ3n) is 5.64. The first-order valence-electron chi connectivity index (χ1n) is 10.8. The molecule has 1 fully saturated rings. The first-order valence-corrected chi connectivity index (χ1v) is 12.4. The van der Waals surface area contributed by atoms with E-state index < -0.39 is 46.5 Å². The van der Waals surface area contributed by atoms with E-state index in [1.807, 2.05) is 0 Å². The van der Waals surface area contributed by atoms with Gasteiger partial charge in [0.2, 0.25) is 5.76 Å². The smallest absolute Gasteiger partial charge is 0.379 e. The molecule has 0 aliphatic carbocycles. The molecular formula is C22H27N3O9S. The van der Waals surface area contributed by atoms with Crippen LogP contribution >= 0.6 is 0 Å². The Balaban J connectivity index is 1.60. The van der Waals surface area contributed by atoms with Crippen molar-refractivity contribution in [1.82, 2.24) is 4.90 Å². The van der Waals surface area contributed by atoms with Crippen molar-refractivity contribution in [2.45, 2.75) is 38.1 Å². The monoisotopic (exact) mass is 509 g/mol. The van der Waals surface area contributed by atoms with Crippen molar-refractivity contribution in [2.24, 2.45) is 11.7 Å². The summed E-state index contributed by atoms with van der Waals surface area (Å²) in [6.07, 6.45) is -1.33. The summed E-state index contributed by atoms with van der Waals surface area (Å²) < 4.78 is 42.1. The summed E-state index contributed by atoms with van der Waals surface area (Å²) in [6.45, 7) is 0.742. The number of ether oxygens (including phenoxy) is 1. The molecule has 0 saturated carbocycles. The zero-order valence-electron chi connectivity index (χ0n) is 18.7. The van der Waals surface area contributed by atoms with Gasteiger partial charge in [-0.1, -0.05) is 0 Å². The number of likely N-dealkylation sites (tertiary alicyclic amines) is 1. The normalized spacial score (nSPS) is 17.4. The van der Waals surface area contributed by atoms with Crippen LogP contribution in [0.4, 0.5) is 0 Å². The minimum Gasteiger partial charge on any atom is -0.453 e. The van der Waals surface area contributed by atoms with Gasteiger partial charge in [-0.2, -0.15) is 8.42 Å². The van der Waals surface area contributed by atoms with Gasteiger partial charge in [-0.25, -0.2) is 4.79 Å². The van der Waals surface area contributed by atoms with Gasteiger partial charge in [0.15, 0.2) is 6.29 Å². The number of esters is 1. The molecular weight excluding hydrogens is 482 g/mol. The molecule has 0 unspecified atom stereocenters. The van der Waals surface area contributed by atoms with Crippen LogP contribution in [0.15, 0.2) is 40.8 Å². The lowest BCUT2D eigenvalue weighted by Gasteiger charge is -2.24. The fraction of sp³-hybridized carbons (Fsp3) is 0.409. The van der Waals surface area contributed by atoms with E-state index in [0.29, 0.717) is 30.7 Å². The molecule has 13 heteroatoms. The SMILES string of the molecule is N=C(N)c1ccc(OC(=O)c2ccc(CN3CCC[C@H]3C(=O)C[C@@H](CS(=O)(=O)O)C(O)O)o2)cc1. The van der Waals surface area contributed by atoms with Crippen LogP contribution in [-0.4, -0.2) is 70.3 Å². The molecule has 0 amide bonds. The van der Waals surface area contributed by atoms with Crippen LogP contribution in [0.1, 0.15) is 41.1 Å². The van der Waals surface area contributed by atoms with Gasteiger partial charge in [0, 0.05) is 17.9 Å². The van der Waals surface area contributed by atoms with Crippen LogP contribution in [0.5, 0.6) is 5.75 Å². The van der Waals surface area contributed by atoms with Gasteiger partial charge in [-0.3, -0.25) is 19.7 Å². The number of nitrogen functional groups attached to an aromatic ring is 1. The van der Waals surface area contributed by atoms with Crippen LogP contribution in [0, 0.1) is 11.3 Å². The summed E-state index contributed by atoms with van der Waals surface area (Å²) in [4.78, 5) is 26.9. The molecule has 1 aliphatic heterocycles. The fourth-order valence-corrected chi connectivity index (χ4v) is 4.76. The van der Waals surface area contributed by atoms with Crippen LogP contribution in [0.2, 0.25) is 0 Å². The van der Waals surface area contributed by atoms with E-state index in [1.54, 1.807) is 23.1 Å². The van der Waals surface area contributed by atoms with Crippen LogP contribution in [0.25, 0.3) is 0 Å². The molecule has 2 atom stereocenters. The van der Waals surface area contributed by atoms with Crippen molar-refractivity contribution in [3.05, 3.63) is 53.5 Å². The Morgan fingerprint density at radius 2 is 1.89 bits per heavy atom. The second kappa shape index (κ2) is 11.1. The number of aliphatic hydroxyl groups excluding tert-OH is 1. The molecule has 2 heterocycles. The summed E-state index contributed by atoms with van der Waals surface area (Å²) in [6, 6.07) is 8.50. The Hall–Kier alpha value is -3.10. The molecule has 2 aromatic rings. The van der Waals surface area contributed by atoms with E-state index in [-0.39, 0.29) is 29.7 Å². The van der Waals surface area contributed by atoms with Gasteiger partial charge in [0.25, 0.3) is 10.1 Å². The van der Waals surface area contributed by atoms with Crippen molar-refractivity contribution in [3.8, 4) is 5.75 Å². The number of hydrogen-bond acceptors (Lipinski definition) is 10. The number of amidine groups is 1. The van der Waals surface area contributed by atoms with Crippen molar-refractivity contribution in [2.75, 3.05) is 12.3 Å². The van der Waals surface area contributed by atoms with Crippen molar-refractivity contribution in [1.29, 1.82) is 5.41 Å². The predicted octanol–water partition coefficient (Wildman–Crippen LogP) is 0.521. The van der Waals surface area contributed by atoms with E-state index in [0.717, 1.165) is 0 Å². The largest absolute Gasteiger partial charge is 0.453 e. The Morgan fingerprint density at radius 1 is 1.20 bits per heavy atom. The molecule has 0 bridgehead atoms. The maximum absolute atomic E-state index is 12.8. The third kappa shape index (κ3) is 7.44. The average molecular weight is 510 g/mol. The van der Waals surface area contributed by atoms with E-state index in [4.69, 9.17) is 24.8 Å². The predicted molar refractivity (Wildman–Crippen MR) is 122 cm³/mol. The van der Waals surface area contributed by atoms with Gasteiger partial charge in [0.1, 0.15) is 23.1 Å². The standard InChI is InChI=1S/C22H27N3O9S/c23-20(24)13-3-5-15(6-4-13)34-22(29)19-8-7-16(33-19)11-25-9-1-2-17(25)18(26)10-14(21(27)28)12-35(30,31)32/h3-8,14,17,21,27-28H,1-2,9-12H2,(H3,23,24)(H,30,31,32)/t14-,17-/m0/s1. The van der Waals surface area contributed by atoms with E-state index >= 15 is 0 Å². The second-order valence-corrected chi connectivity index (χ2v) is 9.81. The number of carbonyl (C=O) groups is 2. The summed E-state index contributed by atoms with van der Waals surface area (Å²) in [5, 5.41) is 26.2. The molecule has 6 N–H and O–H groups in total. The molecule has 3 rings (SSSR count). The quantitative estimate of drug-likeness (QED) is 0.0705. The Labute approximate surface area is 201 Å². The first kappa shape index (κ1) is 26.5. The van der Waals surface area contributed by atoms with Crippen LogP contribution in [-0.2, 0) is 21.5 Å². The first-order chi connectivity index (χ1) is 16.4. The number of nitrogens with two attached hydrogens (primary N) is 1. The minimum atomic E-state index is -4.49. The highest BCUT2D eigenvalue weighted by Crippen LogP contribution is 2.25. The molecule has 35 heavy (non-hydrogen) atoms. The average Bonchev–Trinajstić information content (AvgIpc) is 3.42. The lowest BCUT2D eigenvalue weighted by molar-refractivity contribution is -0.130. The zero-order valence-corrected chi connectivity index (χ0v) is 19.5. The minimum absolute atomic E-state index is 0.0469. The van der Waals surface area contributed by atoms with Gasteiger partial charge in [-0.15, -0.1) is 0 Å². The number of benzene rings is 1. The third-order valence-corrected chi connectivity index (χ3v) is 6.49. The van der Waals surface area contributed by atoms with Crippen LogP contribution < -0.4 is 10.5 Å². The van der Waals surface area contributed by atoms with Gasteiger partial charge < -0.3 is 25.1 Å². The number of aliphatic hydroxyl groups is 2. The number of carbonyl (C=O) groups excluding carboxylic acids is 2. The number of ketones is 1.